The lowest BCUT2D eigenvalue weighted by atomic mass is 10.2. The van der Waals surface area contributed by atoms with Crippen LogP contribution in [0.15, 0.2) is 0 Å². The second-order valence-corrected chi connectivity index (χ2v) is 3.82. The average Bonchev–Trinajstić information content (AvgIpc) is 1.95. The van der Waals surface area contributed by atoms with Crippen LogP contribution in [0.3, 0.4) is 0 Å². The van der Waals surface area contributed by atoms with Crippen molar-refractivity contribution < 1.29 is 9.53 Å². The van der Waals surface area contributed by atoms with Crippen LogP contribution in [0.4, 0.5) is 4.79 Å². The van der Waals surface area contributed by atoms with Crippen LogP contribution in [0.5, 0.6) is 0 Å². The SMILES string of the molecule is CC(C)N(CCOC(=O)Cl)C(C)C. The van der Waals surface area contributed by atoms with E-state index in [1.807, 2.05) is 0 Å². The normalized spacial score (nSPS) is 11.4. The maximum atomic E-state index is 10.3. The van der Waals surface area contributed by atoms with E-state index in [1.165, 1.54) is 0 Å². The molecule has 13 heavy (non-hydrogen) atoms. The summed E-state index contributed by atoms with van der Waals surface area (Å²) in [6, 6.07) is 0.906. The van der Waals surface area contributed by atoms with Crippen LogP contribution in [-0.4, -0.2) is 35.6 Å². The molecule has 0 aliphatic heterocycles. The van der Waals surface area contributed by atoms with Crippen LogP contribution in [0.25, 0.3) is 0 Å². The number of carbonyl (C=O) groups is 1. The molecule has 0 saturated carbocycles. The van der Waals surface area contributed by atoms with E-state index in [0.717, 1.165) is 6.54 Å². The smallest absolute Gasteiger partial charge is 0.403 e. The van der Waals surface area contributed by atoms with E-state index in [4.69, 9.17) is 11.6 Å². The van der Waals surface area contributed by atoms with Gasteiger partial charge in [-0.15, -0.1) is 0 Å². The molecule has 0 spiro atoms. The van der Waals surface area contributed by atoms with E-state index in [1.54, 1.807) is 0 Å². The van der Waals surface area contributed by atoms with E-state index in [2.05, 4.69) is 37.3 Å². The van der Waals surface area contributed by atoms with Crippen molar-refractivity contribution in [3.05, 3.63) is 0 Å². The summed E-state index contributed by atoms with van der Waals surface area (Å²) in [7, 11) is 0. The molecule has 0 amide bonds. The monoisotopic (exact) mass is 207 g/mol. The van der Waals surface area contributed by atoms with Gasteiger partial charge in [0.1, 0.15) is 6.61 Å². The van der Waals surface area contributed by atoms with Crippen LogP contribution in [0.1, 0.15) is 27.7 Å². The van der Waals surface area contributed by atoms with Gasteiger partial charge in [0.15, 0.2) is 0 Å². The van der Waals surface area contributed by atoms with Crippen LogP contribution < -0.4 is 0 Å². The molecule has 0 fully saturated rings. The topological polar surface area (TPSA) is 29.5 Å². The van der Waals surface area contributed by atoms with Gasteiger partial charge in [-0.1, -0.05) is 0 Å². The minimum atomic E-state index is -0.729. The summed E-state index contributed by atoms with van der Waals surface area (Å²) in [6.07, 6.45) is 0. The van der Waals surface area contributed by atoms with Crippen LogP contribution >= 0.6 is 11.6 Å². The lowest BCUT2D eigenvalue weighted by Crippen LogP contribution is -2.39. The molecule has 0 atom stereocenters. The molecule has 3 nitrogen and oxygen atoms in total. The second kappa shape index (κ2) is 6.22. The third-order valence-corrected chi connectivity index (χ3v) is 2.00. The lowest BCUT2D eigenvalue weighted by molar-refractivity contribution is 0.116. The third kappa shape index (κ3) is 5.88. The third-order valence-electron chi connectivity index (χ3n) is 1.89. The van der Waals surface area contributed by atoms with Crippen LogP contribution in [0, 0.1) is 0 Å². The number of hydrogen-bond donors (Lipinski definition) is 0. The van der Waals surface area contributed by atoms with Crippen molar-refractivity contribution in [1.82, 2.24) is 4.90 Å². The second-order valence-electron chi connectivity index (χ2n) is 3.51. The van der Waals surface area contributed by atoms with Gasteiger partial charge in [0.05, 0.1) is 0 Å². The molecule has 78 valence electrons. The molecule has 0 aromatic heterocycles. The Hall–Kier alpha value is -0.280. The Morgan fingerprint density at radius 3 is 2.08 bits per heavy atom. The summed E-state index contributed by atoms with van der Waals surface area (Å²) in [5.74, 6) is 0. The molecular weight excluding hydrogens is 190 g/mol. The summed E-state index contributed by atoms with van der Waals surface area (Å²) in [6.45, 7) is 9.54. The minimum absolute atomic E-state index is 0.360. The Labute approximate surface area is 85.0 Å². The van der Waals surface area contributed by atoms with Crippen LogP contribution in [0.2, 0.25) is 0 Å². The summed E-state index contributed by atoms with van der Waals surface area (Å²) in [5.41, 5.74) is -0.729. The minimum Gasteiger partial charge on any atom is -0.452 e. The molecule has 0 aliphatic carbocycles. The zero-order chi connectivity index (χ0) is 10.4. The zero-order valence-corrected chi connectivity index (χ0v) is 9.47. The number of nitrogens with zero attached hydrogens (tertiary/aromatic N) is 1. The molecule has 0 saturated heterocycles. The Bertz CT molecular complexity index is 152. The summed E-state index contributed by atoms with van der Waals surface area (Å²) in [4.78, 5) is 12.5. The Morgan fingerprint density at radius 2 is 1.77 bits per heavy atom. The molecule has 0 unspecified atom stereocenters. The van der Waals surface area contributed by atoms with Crippen molar-refractivity contribution >= 4 is 17.0 Å². The van der Waals surface area contributed by atoms with Crippen molar-refractivity contribution in [2.24, 2.45) is 0 Å². The summed E-state index contributed by atoms with van der Waals surface area (Å²) in [5, 5.41) is 0. The molecular formula is C9H18ClNO2. The number of rotatable bonds is 5. The first-order chi connectivity index (χ1) is 5.95. The quantitative estimate of drug-likeness (QED) is 0.649. The predicted molar refractivity (Wildman–Crippen MR) is 54.2 cm³/mol. The maximum absolute atomic E-state index is 10.3. The number of ether oxygens (including phenoxy) is 1. The zero-order valence-electron chi connectivity index (χ0n) is 8.71. The first-order valence-corrected chi connectivity index (χ1v) is 4.91. The molecule has 0 aromatic rings. The first-order valence-electron chi connectivity index (χ1n) is 4.53. The van der Waals surface area contributed by atoms with Crippen molar-refractivity contribution in [2.75, 3.05) is 13.2 Å². The standard InChI is InChI=1S/C9H18ClNO2/c1-7(2)11(8(3)4)5-6-13-9(10)12/h7-8H,5-6H2,1-4H3. The van der Waals surface area contributed by atoms with Gasteiger partial charge >= 0.3 is 5.43 Å². The van der Waals surface area contributed by atoms with Gasteiger partial charge in [0, 0.05) is 30.2 Å². The van der Waals surface area contributed by atoms with Crippen molar-refractivity contribution in [2.45, 2.75) is 39.8 Å². The fourth-order valence-corrected chi connectivity index (χ4v) is 1.42. The lowest BCUT2D eigenvalue weighted by Gasteiger charge is -2.29. The van der Waals surface area contributed by atoms with Crippen molar-refractivity contribution in [1.29, 1.82) is 0 Å². The largest absolute Gasteiger partial charge is 0.452 e. The van der Waals surface area contributed by atoms with Crippen molar-refractivity contribution in [3.63, 3.8) is 0 Å². The highest BCUT2D eigenvalue weighted by molar-refractivity contribution is 6.61. The molecule has 0 heterocycles. The highest BCUT2D eigenvalue weighted by atomic mass is 35.5. The van der Waals surface area contributed by atoms with Gasteiger partial charge < -0.3 is 4.74 Å². The van der Waals surface area contributed by atoms with Gasteiger partial charge in [0.25, 0.3) is 0 Å². The fourth-order valence-electron chi connectivity index (χ4n) is 1.34. The van der Waals surface area contributed by atoms with Gasteiger partial charge in [-0.2, -0.15) is 0 Å². The Kier molecular flexibility index (Phi) is 6.08. The molecule has 4 heteroatoms. The van der Waals surface area contributed by atoms with Crippen LogP contribution in [-0.2, 0) is 4.74 Å². The van der Waals surface area contributed by atoms with E-state index in [-0.39, 0.29) is 0 Å². The predicted octanol–water partition coefficient (Wildman–Crippen LogP) is 2.48. The molecule has 0 bridgehead atoms. The molecule has 0 radical (unpaired) electrons. The number of hydrogen-bond acceptors (Lipinski definition) is 3. The van der Waals surface area contributed by atoms with Crippen molar-refractivity contribution in [3.8, 4) is 0 Å². The first kappa shape index (κ1) is 12.7. The highest BCUT2D eigenvalue weighted by Gasteiger charge is 2.12. The van der Waals surface area contributed by atoms with Gasteiger partial charge in [0.2, 0.25) is 0 Å². The summed E-state index contributed by atoms with van der Waals surface area (Å²) >= 11 is 5.04. The molecule has 0 rings (SSSR count). The van der Waals surface area contributed by atoms with E-state index in [9.17, 15) is 4.79 Å². The molecule has 0 N–H and O–H groups in total. The molecule has 0 aliphatic rings. The Morgan fingerprint density at radius 1 is 1.31 bits per heavy atom. The number of halogens is 1. The van der Waals surface area contributed by atoms with E-state index >= 15 is 0 Å². The highest BCUT2D eigenvalue weighted by Crippen LogP contribution is 2.04. The fraction of sp³-hybridized carbons (Fsp3) is 0.889. The van der Waals surface area contributed by atoms with Gasteiger partial charge in [-0.25, -0.2) is 4.79 Å². The van der Waals surface area contributed by atoms with E-state index < -0.39 is 5.43 Å². The van der Waals surface area contributed by atoms with Gasteiger partial charge in [-0.3, -0.25) is 4.90 Å². The van der Waals surface area contributed by atoms with Gasteiger partial charge in [-0.05, 0) is 27.7 Å². The van der Waals surface area contributed by atoms with E-state index in [0.29, 0.717) is 18.7 Å². The molecule has 0 aromatic carbocycles. The Balaban J connectivity index is 3.77. The average molecular weight is 208 g/mol. The number of carbonyl (C=O) groups excluding carboxylic acids is 1. The maximum Gasteiger partial charge on any atom is 0.403 e. The summed E-state index contributed by atoms with van der Waals surface area (Å²) < 4.78 is 4.66.